The molecule has 1 saturated carbocycles. The van der Waals surface area contributed by atoms with Crippen molar-refractivity contribution in [1.29, 1.82) is 0 Å². The van der Waals surface area contributed by atoms with Crippen molar-refractivity contribution in [3.8, 4) is 0 Å². The van der Waals surface area contributed by atoms with Gasteiger partial charge in [-0.3, -0.25) is 9.59 Å². The van der Waals surface area contributed by atoms with Crippen molar-refractivity contribution < 1.29 is 14.3 Å². The van der Waals surface area contributed by atoms with Crippen LogP contribution in [0.4, 0.5) is 0 Å². The van der Waals surface area contributed by atoms with Crippen LogP contribution in [0.25, 0.3) is 0 Å². The number of carbonyl (C=O) groups excluding carboxylic acids is 2. The van der Waals surface area contributed by atoms with Gasteiger partial charge in [-0.25, -0.2) is 0 Å². The van der Waals surface area contributed by atoms with Gasteiger partial charge in [0.25, 0.3) is 0 Å². The van der Waals surface area contributed by atoms with Crippen LogP contribution in [0, 0.1) is 5.92 Å². The molecule has 2 heterocycles. The monoisotopic (exact) mass is 308 g/mol. The van der Waals surface area contributed by atoms with Gasteiger partial charge in [-0.05, 0) is 35.2 Å². The summed E-state index contributed by atoms with van der Waals surface area (Å²) in [5, 5.41) is 10.1. The maximum absolute atomic E-state index is 12.1. The molecular formula is C15H20N2O3S. The molecule has 4 atom stereocenters. The Labute approximate surface area is 128 Å². The Morgan fingerprint density at radius 3 is 2.95 bits per heavy atom. The summed E-state index contributed by atoms with van der Waals surface area (Å²) in [4.78, 5) is 23.4. The van der Waals surface area contributed by atoms with E-state index in [1.54, 1.807) is 11.3 Å². The van der Waals surface area contributed by atoms with Crippen LogP contribution in [0.3, 0.4) is 0 Å². The van der Waals surface area contributed by atoms with Crippen molar-refractivity contribution in [3.63, 3.8) is 0 Å². The quantitative estimate of drug-likeness (QED) is 0.855. The van der Waals surface area contributed by atoms with E-state index in [0.29, 0.717) is 18.9 Å². The van der Waals surface area contributed by atoms with Crippen molar-refractivity contribution >= 4 is 23.2 Å². The Bertz CT molecular complexity index is 517. The van der Waals surface area contributed by atoms with Gasteiger partial charge in [-0.1, -0.05) is 0 Å². The standard InChI is InChI=1S/C15H20N2O3S/c1-9(18)16-14-13(11-4-6-20-15(11)14)17-12(19)3-2-10-5-7-21-8-10/h5,7-8,11,13-15H,2-4,6H2,1H3,(H,16,18)(H,17,19)/t11-,13+,14-,15-/m1/s1. The first-order chi connectivity index (χ1) is 10.1. The highest BCUT2D eigenvalue weighted by molar-refractivity contribution is 7.07. The molecule has 1 aromatic rings. The molecule has 2 amide bonds. The number of carbonyl (C=O) groups is 2. The van der Waals surface area contributed by atoms with Gasteiger partial charge >= 0.3 is 0 Å². The smallest absolute Gasteiger partial charge is 0.220 e. The van der Waals surface area contributed by atoms with Gasteiger partial charge in [0.2, 0.25) is 11.8 Å². The van der Waals surface area contributed by atoms with Gasteiger partial charge in [0.15, 0.2) is 0 Å². The minimum Gasteiger partial charge on any atom is -0.376 e. The molecule has 114 valence electrons. The van der Waals surface area contributed by atoms with Crippen LogP contribution in [0.5, 0.6) is 0 Å². The number of rotatable bonds is 5. The molecule has 3 rings (SSSR count). The summed E-state index contributed by atoms with van der Waals surface area (Å²) in [6.07, 6.45) is 2.27. The second-order valence-electron chi connectivity index (χ2n) is 5.74. The first kappa shape index (κ1) is 14.5. The van der Waals surface area contributed by atoms with Crippen molar-refractivity contribution in [2.24, 2.45) is 5.92 Å². The lowest BCUT2D eigenvalue weighted by atomic mass is 9.71. The number of hydrogen-bond acceptors (Lipinski definition) is 4. The molecule has 1 saturated heterocycles. The fourth-order valence-corrected chi connectivity index (χ4v) is 3.96. The molecular weight excluding hydrogens is 288 g/mol. The SMILES string of the molecule is CC(=O)N[C@@H]1[C@@H](NC(=O)CCc2ccsc2)[C@H]2CCO[C@H]21. The molecule has 1 aliphatic carbocycles. The molecule has 2 aliphatic rings. The van der Waals surface area contributed by atoms with E-state index >= 15 is 0 Å². The predicted molar refractivity (Wildman–Crippen MR) is 80.0 cm³/mol. The van der Waals surface area contributed by atoms with E-state index in [9.17, 15) is 9.59 Å². The lowest BCUT2D eigenvalue weighted by Gasteiger charge is -2.47. The minimum absolute atomic E-state index is 0.0105. The largest absolute Gasteiger partial charge is 0.376 e. The van der Waals surface area contributed by atoms with Gasteiger partial charge in [0, 0.05) is 25.9 Å². The van der Waals surface area contributed by atoms with E-state index in [1.807, 2.05) is 11.4 Å². The maximum Gasteiger partial charge on any atom is 0.220 e. The summed E-state index contributed by atoms with van der Waals surface area (Å²) < 4.78 is 5.63. The second-order valence-corrected chi connectivity index (χ2v) is 6.52. The third-order valence-corrected chi connectivity index (χ3v) is 5.04. The molecule has 1 aromatic heterocycles. The first-order valence-corrected chi connectivity index (χ1v) is 8.28. The van der Waals surface area contributed by atoms with Crippen molar-refractivity contribution in [1.82, 2.24) is 10.6 Å². The number of nitrogens with one attached hydrogen (secondary N) is 2. The number of fused-ring (bicyclic) bond motifs is 1. The topological polar surface area (TPSA) is 67.4 Å². The number of hydrogen-bond donors (Lipinski definition) is 2. The summed E-state index contributed by atoms with van der Waals surface area (Å²) >= 11 is 1.64. The fraction of sp³-hybridized carbons (Fsp3) is 0.600. The Hall–Kier alpha value is -1.40. The van der Waals surface area contributed by atoms with Gasteiger partial charge in [-0.2, -0.15) is 11.3 Å². The summed E-state index contributed by atoms with van der Waals surface area (Å²) in [6.45, 7) is 2.21. The maximum atomic E-state index is 12.1. The Balaban J connectivity index is 1.52. The van der Waals surface area contributed by atoms with Crippen LogP contribution in [0.15, 0.2) is 16.8 Å². The van der Waals surface area contributed by atoms with E-state index in [0.717, 1.165) is 12.8 Å². The van der Waals surface area contributed by atoms with Gasteiger partial charge in [-0.15, -0.1) is 0 Å². The first-order valence-electron chi connectivity index (χ1n) is 7.34. The van der Waals surface area contributed by atoms with Gasteiger partial charge in [0.1, 0.15) is 0 Å². The van der Waals surface area contributed by atoms with Crippen LogP contribution in [0.1, 0.15) is 25.3 Å². The highest BCUT2D eigenvalue weighted by Gasteiger charge is 2.54. The van der Waals surface area contributed by atoms with Crippen molar-refractivity contribution in [3.05, 3.63) is 22.4 Å². The molecule has 0 unspecified atom stereocenters. The lowest BCUT2D eigenvalue weighted by Crippen LogP contribution is -2.70. The number of ether oxygens (including phenoxy) is 1. The molecule has 0 aromatic carbocycles. The normalized spacial score (nSPS) is 30.3. The molecule has 6 heteroatoms. The summed E-state index contributed by atoms with van der Waals surface area (Å²) in [5.74, 6) is 0.310. The molecule has 0 radical (unpaired) electrons. The highest BCUT2D eigenvalue weighted by Crippen LogP contribution is 2.39. The minimum atomic E-state index is -0.0832. The van der Waals surface area contributed by atoms with Crippen molar-refractivity contribution in [2.45, 2.75) is 44.4 Å². The van der Waals surface area contributed by atoms with E-state index in [1.165, 1.54) is 12.5 Å². The van der Waals surface area contributed by atoms with Crippen LogP contribution in [-0.4, -0.2) is 36.6 Å². The molecule has 0 bridgehead atoms. The Morgan fingerprint density at radius 1 is 1.38 bits per heavy atom. The number of thiophene rings is 1. The van der Waals surface area contributed by atoms with Crippen LogP contribution in [0.2, 0.25) is 0 Å². The van der Waals surface area contributed by atoms with Crippen LogP contribution < -0.4 is 10.6 Å². The molecule has 21 heavy (non-hydrogen) atoms. The summed E-state index contributed by atoms with van der Waals surface area (Å²) in [5.41, 5.74) is 1.20. The molecule has 2 fully saturated rings. The third kappa shape index (κ3) is 3.11. The molecule has 0 spiro atoms. The van der Waals surface area contributed by atoms with Gasteiger partial charge in [0.05, 0.1) is 18.2 Å². The summed E-state index contributed by atoms with van der Waals surface area (Å²) in [6, 6.07) is 1.97. The zero-order valence-electron chi connectivity index (χ0n) is 12.0. The third-order valence-electron chi connectivity index (χ3n) is 4.30. The molecule has 2 N–H and O–H groups in total. The Kier molecular flexibility index (Phi) is 4.26. The van der Waals surface area contributed by atoms with E-state index < -0.39 is 0 Å². The highest BCUT2D eigenvalue weighted by atomic mass is 32.1. The van der Waals surface area contributed by atoms with E-state index in [-0.39, 0.29) is 30.0 Å². The fourth-order valence-electron chi connectivity index (χ4n) is 3.26. The average molecular weight is 308 g/mol. The zero-order valence-corrected chi connectivity index (χ0v) is 12.8. The number of amides is 2. The Morgan fingerprint density at radius 2 is 2.24 bits per heavy atom. The zero-order chi connectivity index (χ0) is 14.8. The van der Waals surface area contributed by atoms with Crippen LogP contribution in [-0.2, 0) is 20.7 Å². The average Bonchev–Trinajstić information content (AvgIpc) is 3.09. The second kappa shape index (κ2) is 6.15. The van der Waals surface area contributed by atoms with Crippen LogP contribution >= 0.6 is 11.3 Å². The van der Waals surface area contributed by atoms with Gasteiger partial charge < -0.3 is 15.4 Å². The van der Waals surface area contributed by atoms with E-state index in [4.69, 9.17) is 4.74 Å². The molecule has 5 nitrogen and oxygen atoms in total. The van der Waals surface area contributed by atoms with E-state index in [2.05, 4.69) is 16.0 Å². The van der Waals surface area contributed by atoms with Crippen molar-refractivity contribution in [2.75, 3.05) is 6.61 Å². The predicted octanol–water partition coefficient (Wildman–Crippen LogP) is 1.09. The molecule has 1 aliphatic heterocycles. The number of aryl methyl sites for hydroxylation is 1. The lowest BCUT2D eigenvalue weighted by molar-refractivity contribution is -0.130. The summed E-state index contributed by atoms with van der Waals surface area (Å²) in [7, 11) is 0.